The minimum absolute atomic E-state index is 0.0323. The van der Waals surface area contributed by atoms with Crippen LogP contribution < -0.4 is 14.8 Å². The van der Waals surface area contributed by atoms with Gasteiger partial charge in [0.05, 0.1) is 14.2 Å². The van der Waals surface area contributed by atoms with Gasteiger partial charge in [-0.1, -0.05) is 0 Å². The molecular formula is C18H18FNO4. The highest BCUT2D eigenvalue weighted by Gasteiger charge is 2.11. The van der Waals surface area contributed by atoms with Crippen LogP contribution in [0.3, 0.4) is 0 Å². The van der Waals surface area contributed by atoms with E-state index in [1.807, 2.05) is 0 Å². The van der Waals surface area contributed by atoms with Crippen molar-refractivity contribution < 1.29 is 23.5 Å². The third-order valence-corrected chi connectivity index (χ3v) is 3.41. The smallest absolute Gasteiger partial charge is 0.224 e. The first-order valence-corrected chi connectivity index (χ1v) is 7.34. The molecule has 0 aliphatic heterocycles. The number of benzene rings is 2. The number of nitrogens with one attached hydrogen (secondary N) is 1. The number of Topliss-reactive ketones (excluding diaryl/α,β-unsaturated/α-hetero) is 1. The fourth-order valence-corrected chi connectivity index (χ4v) is 2.14. The molecule has 0 saturated heterocycles. The van der Waals surface area contributed by atoms with Gasteiger partial charge in [0.25, 0.3) is 0 Å². The molecule has 2 aromatic rings. The van der Waals surface area contributed by atoms with E-state index in [0.29, 0.717) is 22.7 Å². The average molecular weight is 331 g/mol. The van der Waals surface area contributed by atoms with E-state index in [9.17, 15) is 14.0 Å². The van der Waals surface area contributed by atoms with E-state index >= 15 is 0 Å². The number of halogens is 1. The van der Waals surface area contributed by atoms with Gasteiger partial charge in [0.1, 0.15) is 5.82 Å². The topological polar surface area (TPSA) is 64.6 Å². The van der Waals surface area contributed by atoms with Gasteiger partial charge in [-0.15, -0.1) is 0 Å². The van der Waals surface area contributed by atoms with E-state index in [2.05, 4.69) is 5.32 Å². The molecule has 0 fully saturated rings. The lowest BCUT2D eigenvalue weighted by atomic mass is 10.1. The molecule has 1 amide bonds. The highest BCUT2D eigenvalue weighted by Crippen LogP contribution is 2.29. The molecule has 0 aliphatic rings. The number of hydrogen-bond donors (Lipinski definition) is 1. The molecule has 24 heavy (non-hydrogen) atoms. The normalized spacial score (nSPS) is 10.1. The molecule has 0 heterocycles. The summed E-state index contributed by atoms with van der Waals surface area (Å²) in [6.45, 7) is 0. The summed E-state index contributed by atoms with van der Waals surface area (Å²) in [4.78, 5) is 23.9. The maximum absolute atomic E-state index is 12.8. The van der Waals surface area contributed by atoms with Crippen LogP contribution in [0.4, 0.5) is 10.1 Å². The summed E-state index contributed by atoms with van der Waals surface area (Å²) in [5.41, 5.74) is 0.933. The minimum atomic E-state index is -0.405. The molecule has 0 atom stereocenters. The van der Waals surface area contributed by atoms with Gasteiger partial charge in [0.2, 0.25) is 5.91 Å². The first kappa shape index (κ1) is 17.5. The monoisotopic (exact) mass is 331 g/mol. The Morgan fingerprint density at radius 1 is 0.958 bits per heavy atom. The largest absolute Gasteiger partial charge is 0.493 e. The highest BCUT2D eigenvalue weighted by atomic mass is 19.1. The number of hydrogen-bond acceptors (Lipinski definition) is 4. The SMILES string of the molecule is COc1ccc(NC(=O)CCC(=O)c2ccc(F)cc2)cc1OC. The van der Waals surface area contributed by atoms with Crippen molar-refractivity contribution in [3.05, 3.63) is 53.8 Å². The summed E-state index contributed by atoms with van der Waals surface area (Å²) >= 11 is 0. The summed E-state index contributed by atoms with van der Waals surface area (Å²) in [7, 11) is 3.03. The molecule has 0 bridgehead atoms. The molecule has 1 N–H and O–H groups in total. The first-order valence-electron chi connectivity index (χ1n) is 7.34. The Bertz CT molecular complexity index is 728. The van der Waals surface area contributed by atoms with Crippen LogP contribution >= 0.6 is 0 Å². The van der Waals surface area contributed by atoms with Crippen LogP contribution in [-0.2, 0) is 4.79 Å². The first-order chi connectivity index (χ1) is 11.5. The lowest BCUT2D eigenvalue weighted by Gasteiger charge is -2.10. The zero-order valence-corrected chi connectivity index (χ0v) is 13.5. The number of ether oxygens (including phenoxy) is 2. The zero-order chi connectivity index (χ0) is 17.5. The van der Waals surface area contributed by atoms with Crippen molar-refractivity contribution in [1.29, 1.82) is 0 Å². The van der Waals surface area contributed by atoms with Gasteiger partial charge < -0.3 is 14.8 Å². The van der Waals surface area contributed by atoms with Crippen LogP contribution in [0.25, 0.3) is 0 Å². The number of amides is 1. The van der Waals surface area contributed by atoms with Gasteiger partial charge in [-0.2, -0.15) is 0 Å². The summed E-state index contributed by atoms with van der Waals surface area (Å²) in [6.07, 6.45) is 0.0787. The van der Waals surface area contributed by atoms with Crippen LogP contribution in [-0.4, -0.2) is 25.9 Å². The number of anilines is 1. The lowest BCUT2D eigenvalue weighted by molar-refractivity contribution is -0.116. The Labute approximate surface area is 139 Å². The molecule has 0 aromatic heterocycles. The van der Waals surface area contributed by atoms with Crippen LogP contribution in [0, 0.1) is 5.82 Å². The number of carbonyl (C=O) groups excluding carboxylic acids is 2. The van der Waals surface area contributed by atoms with Crippen molar-refractivity contribution in [3.8, 4) is 11.5 Å². The molecule has 0 aliphatic carbocycles. The summed E-state index contributed by atoms with van der Waals surface area (Å²) in [6, 6.07) is 10.2. The van der Waals surface area contributed by atoms with Crippen molar-refractivity contribution >= 4 is 17.4 Å². The maximum atomic E-state index is 12.8. The second-order valence-corrected chi connectivity index (χ2v) is 5.05. The third kappa shape index (κ3) is 4.55. The highest BCUT2D eigenvalue weighted by molar-refractivity contribution is 6.00. The Hall–Kier alpha value is -2.89. The van der Waals surface area contributed by atoms with Gasteiger partial charge in [-0.25, -0.2) is 4.39 Å². The molecule has 0 radical (unpaired) electrons. The minimum Gasteiger partial charge on any atom is -0.493 e. The van der Waals surface area contributed by atoms with E-state index in [-0.39, 0.29) is 24.5 Å². The Morgan fingerprint density at radius 2 is 1.62 bits per heavy atom. The third-order valence-electron chi connectivity index (χ3n) is 3.41. The lowest BCUT2D eigenvalue weighted by Crippen LogP contribution is -2.13. The second kappa shape index (κ2) is 8.10. The van der Waals surface area contributed by atoms with Gasteiger partial charge in [0, 0.05) is 30.2 Å². The molecule has 2 aromatic carbocycles. The number of methoxy groups -OCH3 is 2. The predicted molar refractivity (Wildman–Crippen MR) is 88.1 cm³/mol. The van der Waals surface area contributed by atoms with Crippen LogP contribution in [0.2, 0.25) is 0 Å². The molecular weight excluding hydrogens is 313 g/mol. The Kier molecular flexibility index (Phi) is 5.89. The summed E-state index contributed by atoms with van der Waals surface area (Å²) in [5.74, 6) is 0.146. The van der Waals surface area contributed by atoms with Gasteiger partial charge in [-0.3, -0.25) is 9.59 Å². The Morgan fingerprint density at radius 3 is 2.25 bits per heavy atom. The predicted octanol–water partition coefficient (Wildman–Crippen LogP) is 3.44. The second-order valence-electron chi connectivity index (χ2n) is 5.05. The van der Waals surface area contributed by atoms with E-state index in [4.69, 9.17) is 9.47 Å². The van der Waals surface area contributed by atoms with E-state index in [1.54, 1.807) is 18.2 Å². The van der Waals surface area contributed by atoms with Crippen LogP contribution in [0.15, 0.2) is 42.5 Å². The van der Waals surface area contributed by atoms with E-state index < -0.39 is 5.82 Å². The van der Waals surface area contributed by atoms with Gasteiger partial charge in [-0.05, 0) is 36.4 Å². The Balaban J connectivity index is 1.91. The van der Waals surface area contributed by atoms with Crippen LogP contribution in [0.5, 0.6) is 11.5 Å². The fraction of sp³-hybridized carbons (Fsp3) is 0.222. The molecule has 0 spiro atoms. The molecule has 126 valence electrons. The van der Waals surface area contributed by atoms with Crippen molar-refractivity contribution in [2.24, 2.45) is 0 Å². The zero-order valence-electron chi connectivity index (χ0n) is 13.5. The van der Waals surface area contributed by atoms with Crippen molar-refractivity contribution in [1.82, 2.24) is 0 Å². The maximum Gasteiger partial charge on any atom is 0.224 e. The molecule has 5 nitrogen and oxygen atoms in total. The van der Waals surface area contributed by atoms with Crippen molar-refractivity contribution in [3.63, 3.8) is 0 Å². The number of rotatable bonds is 7. The standard InChI is InChI=1S/C18H18FNO4/c1-23-16-9-7-14(11-17(16)24-2)20-18(22)10-8-15(21)12-3-5-13(19)6-4-12/h3-7,9,11H,8,10H2,1-2H3,(H,20,22). The quantitative estimate of drug-likeness (QED) is 0.789. The molecule has 0 saturated carbocycles. The van der Waals surface area contributed by atoms with E-state index in [0.717, 1.165) is 0 Å². The molecule has 0 unspecified atom stereocenters. The number of carbonyl (C=O) groups is 2. The summed E-state index contributed by atoms with van der Waals surface area (Å²) in [5, 5.41) is 2.70. The van der Waals surface area contributed by atoms with Gasteiger partial charge >= 0.3 is 0 Å². The van der Waals surface area contributed by atoms with Crippen molar-refractivity contribution in [2.75, 3.05) is 19.5 Å². The number of ketones is 1. The van der Waals surface area contributed by atoms with Crippen molar-refractivity contribution in [2.45, 2.75) is 12.8 Å². The van der Waals surface area contributed by atoms with E-state index in [1.165, 1.54) is 38.5 Å². The summed E-state index contributed by atoms with van der Waals surface area (Å²) < 4.78 is 23.1. The van der Waals surface area contributed by atoms with Gasteiger partial charge in [0.15, 0.2) is 17.3 Å². The molecule has 2 rings (SSSR count). The molecule has 6 heteroatoms. The fourth-order valence-electron chi connectivity index (χ4n) is 2.14. The van der Waals surface area contributed by atoms with Crippen LogP contribution in [0.1, 0.15) is 23.2 Å². The average Bonchev–Trinajstić information content (AvgIpc) is 2.60.